The zero-order chi connectivity index (χ0) is 17.4. The van der Waals surface area contributed by atoms with Crippen LogP contribution < -0.4 is 0 Å². The van der Waals surface area contributed by atoms with Gasteiger partial charge in [-0.25, -0.2) is 4.99 Å². The van der Waals surface area contributed by atoms with Crippen molar-refractivity contribution in [2.24, 2.45) is 10.9 Å². The number of thioether (sulfide) groups is 2. The van der Waals surface area contributed by atoms with Crippen molar-refractivity contribution in [2.75, 3.05) is 5.75 Å². The molecule has 0 aromatic heterocycles. The third-order valence-corrected chi connectivity index (χ3v) is 5.45. The normalized spacial score (nSPS) is 12.3. The molecule has 2 rings (SSSR count). The van der Waals surface area contributed by atoms with Crippen molar-refractivity contribution < 1.29 is 0 Å². The number of aliphatic imine (C=N–C) groups is 1. The van der Waals surface area contributed by atoms with Gasteiger partial charge in [0.15, 0.2) is 0 Å². The Morgan fingerprint density at radius 1 is 0.958 bits per heavy atom. The van der Waals surface area contributed by atoms with Crippen LogP contribution in [0.15, 0.2) is 69.9 Å². The number of hydrogen-bond acceptors (Lipinski definition) is 3. The van der Waals surface area contributed by atoms with Crippen LogP contribution in [0.3, 0.4) is 0 Å². The van der Waals surface area contributed by atoms with Crippen molar-refractivity contribution in [1.29, 1.82) is 0 Å². The van der Waals surface area contributed by atoms with Crippen LogP contribution in [-0.2, 0) is 0 Å². The molecule has 0 unspecified atom stereocenters. The van der Waals surface area contributed by atoms with Crippen molar-refractivity contribution in [2.45, 2.75) is 32.6 Å². The summed E-state index contributed by atoms with van der Waals surface area (Å²) >= 11 is 3.55. The Morgan fingerprint density at radius 2 is 1.54 bits per heavy atom. The second-order valence-corrected chi connectivity index (χ2v) is 8.24. The first-order chi connectivity index (χ1) is 11.5. The summed E-state index contributed by atoms with van der Waals surface area (Å²) in [5.74, 6) is 1.72. The molecule has 1 nitrogen and oxygen atoms in total. The van der Waals surface area contributed by atoms with Crippen molar-refractivity contribution >= 4 is 34.3 Å². The molecule has 0 N–H and O–H groups in total. The largest absolute Gasteiger partial charge is 0.242 e. The van der Waals surface area contributed by atoms with Gasteiger partial charge in [0, 0.05) is 10.6 Å². The molecule has 2 aromatic rings. The van der Waals surface area contributed by atoms with Crippen molar-refractivity contribution in [3.8, 4) is 0 Å². The fraction of sp³-hybridized carbons (Fsp3) is 0.286. The van der Waals surface area contributed by atoms with Gasteiger partial charge in [0.2, 0.25) is 0 Å². The van der Waals surface area contributed by atoms with Crippen molar-refractivity contribution in [1.82, 2.24) is 0 Å². The summed E-state index contributed by atoms with van der Waals surface area (Å²) in [6.07, 6.45) is 2.12. The zero-order valence-corrected chi connectivity index (χ0v) is 16.5. The molecule has 0 bridgehead atoms. The van der Waals surface area contributed by atoms with E-state index in [9.17, 15) is 0 Å². The Kier molecular flexibility index (Phi) is 7.67. The van der Waals surface area contributed by atoms with E-state index in [0.717, 1.165) is 16.5 Å². The Morgan fingerprint density at radius 3 is 2.12 bits per heavy atom. The maximum Gasteiger partial charge on any atom is 0.0972 e. The lowest BCUT2D eigenvalue weighted by Gasteiger charge is -2.05. The Bertz CT molecular complexity index is 683. The quantitative estimate of drug-likeness (QED) is 0.313. The number of aryl methyl sites for hydroxylation is 2. The lowest BCUT2D eigenvalue weighted by Crippen LogP contribution is -1.95. The molecule has 126 valence electrons. The summed E-state index contributed by atoms with van der Waals surface area (Å²) in [7, 11) is 0. The highest BCUT2D eigenvalue weighted by Gasteiger charge is 2.01. The second kappa shape index (κ2) is 9.75. The molecule has 2 aromatic carbocycles. The summed E-state index contributed by atoms with van der Waals surface area (Å²) in [6, 6.07) is 17.0. The smallest absolute Gasteiger partial charge is 0.0972 e. The topological polar surface area (TPSA) is 12.4 Å². The van der Waals surface area contributed by atoms with E-state index in [4.69, 9.17) is 4.99 Å². The van der Waals surface area contributed by atoms with E-state index in [1.165, 1.54) is 16.0 Å². The van der Waals surface area contributed by atoms with Crippen LogP contribution in [0, 0.1) is 19.8 Å². The van der Waals surface area contributed by atoms with Gasteiger partial charge in [-0.15, -0.1) is 11.8 Å². The summed E-state index contributed by atoms with van der Waals surface area (Å²) in [4.78, 5) is 6.05. The van der Waals surface area contributed by atoms with Gasteiger partial charge in [0.1, 0.15) is 0 Å². The minimum atomic E-state index is 0.649. The molecule has 24 heavy (non-hydrogen) atoms. The van der Waals surface area contributed by atoms with Gasteiger partial charge in [0.05, 0.1) is 10.7 Å². The van der Waals surface area contributed by atoms with Crippen LogP contribution in [0.25, 0.3) is 0 Å². The molecule has 0 atom stereocenters. The van der Waals surface area contributed by atoms with E-state index in [2.05, 4.69) is 87.7 Å². The first-order valence-corrected chi connectivity index (χ1v) is 10.1. The van der Waals surface area contributed by atoms with Gasteiger partial charge in [-0.2, -0.15) is 0 Å². The van der Waals surface area contributed by atoms with Gasteiger partial charge in [0.25, 0.3) is 0 Å². The van der Waals surface area contributed by atoms with Crippen LogP contribution >= 0.6 is 23.5 Å². The average Bonchev–Trinajstić information content (AvgIpc) is 2.56. The maximum atomic E-state index is 4.80. The second-order valence-electron chi connectivity index (χ2n) is 6.22. The van der Waals surface area contributed by atoms with Gasteiger partial charge in [-0.1, -0.05) is 61.0 Å². The third kappa shape index (κ3) is 6.98. The predicted molar refractivity (Wildman–Crippen MR) is 112 cm³/mol. The minimum absolute atomic E-state index is 0.649. The number of nitrogens with zero attached hydrogens (tertiary/aromatic N) is 1. The lowest BCUT2D eigenvalue weighted by atomic mass is 10.2. The summed E-state index contributed by atoms with van der Waals surface area (Å²) in [5, 5.41) is 3.19. The minimum Gasteiger partial charge on any atom is -0.242 e. The number of hydrogen-bond donors (Lipinski definition) is 0. The molecule has 0 fully saturated rings. The van der Waals surface area contributed by atoms with E-state index in [1.807, 2.05) is 11.8 Å². The monoisotopic (exact) mass is 355 g/mol. The first-order valence-electron chi connectivity index (χ1n) is 8.21. The van der Waals surface area contributed by atoms with Crippen LogP contribution in [0.5, 0.6) is 0 Å². The molecule has 0 aliphatic heterocycles. The highest BCUT2D eigenvalue weighted by atomic mass is 32.2. The molecule has 0 amide bonds. The Balaban J connectivity index is 2.08. The SMILES string of the molecule is Cc1ccc(N=C(C=CSc2ccc(C)cc2)SCC(C)C)cc1. The number of rotatable bonds is 6. The van der Waals surface area contributed by atoms with Gasteiger partial charge >= 0.3 is 0 Å². The zero-order valence-electron chi connectivity index (χ0n) is 14.8. The molecule has 0 heterocycles. The molecule has 3 heteroatoms. The van der Waals surface area contributed by atoms with E-state index in [0.29, 0.717) is 5.92 Å². The van der Waals surface area contributed by atoms with E-state index in [1.54, 1.807) is 11.8 Å². The number of benzene rings is 2. The average molecular weight is 356 g/mol. The van der Waals surface area contributed by atoms with Crippen LogP contribution in [0.4, 0.5) is 5.69 Å². The van der Waals surface area contributed by atoms with Crippen molar-refractivity contribution in [3.05, 3.63) is 71.1 Å². The molecule has 0 aliphatic rings. The third-order valence-electron chi connectivity index (χ3n) is 3.27. The van der Waals surface area contributed by atoms with Gasteiger partial charge < -0.3 is 0 Å². The van der Waals surface area contributed by atoms with Crippen molar-refractivity contribution in [3.63, 3.8) is 0 Å². The van der Waals surface area contributed by atoms with E-state index in [-0.39, 0.29) is 0 Å². The Hall–Kier alpha value is -1.45. The van der Waals surface area contributed by atoms with Crippen LogP contribution in [0.1, 0.15) is 25.0 Å². The fourth-order valence-electron chi connectivity index (χ4n) is 1.90. The molecular weight excluding hydrogens is 330 g/mol. The fourth-order valence-corrected chi connectivity index (χ4v) is 3.48. The highest BCUT2D eigenvalue weighted by Crippen LogP contribution is 2.22. The molecule has 0 radical (unpaired) electrons. The lowest BCUT2D eigenvalue weighted by molar-refractivity contribution is 0.752. The van der Waals surface area contributed by atoms with Crippen LogP contribution in [-0.4, -0.2) is 10.8 Å². The molecule has 0 spiro atoms. The van der Waals surface area contributed by atoms with E-state index >= 15 is 0 Å². The van der Waals surface area contributed by atoms with Gasteiger partial charge in [-0.05, 0) is 55.5 Å². The Labute approximate surface area is 154 Å². The standard InChI is InChI=1S/C21H25NS2/c1-16(2)15-24-21(22-19-9-5-17(3)6-10-19)13-14-23-20-11-7-18(4)8-12-20/h5-14,16H,15H2,1-4H3. The highest BCUT2D eigenvalue weighted by molar-refractivity contribution is 8.14. The predicted octanol–water partition coefficient (Wildman–Crippen LogP) is 7.03. The maximum absolute atomic E-state index is 4.80. The summed E-state index contributed by atoms with van der Waals surface area (Å²) in [5.41, 5.74) is 3.56. The molecule has 0 saturated heterocycles. The summed E-state index contributed by atoms with van der Waals surface area (Å²) in [6.45, 7) is 8.68. The molecular formula is C21H25NS2. The molecule has 0 aliphatic carbocycles. The summed E-state index contributed by atoms with van der Waals surface area (Å²) < 4.78 is 0. The first kappa shape index (κ1) is 18.9. The molecule has 0 saturated carbocycles. The van der Waals surface area contributed by atoms with E-state index < -0.39 is 0 Å². The van der Waals surface area contributed by atoms with Crippen LogP contribution in [0.2, 0.25) is 0 Å². The van der Waals surface area contributed by atoms with Gasteiger partial charge in [-0.3, -0.25) is 0 Å².